The number of halogens is 1. The van der Waals surface area contributed by atoms with E-state index in [-0.39, 0.29) is 18.1 Å². The fourth-order valence-electron chi connectivity index (χ4n) is 2.56. The van der Waals surface area contributed by atoms with Crippen LogP contribution in [0.3, 0.4) is 0 Å². The normalized spacial score (nSPS) is 12.9. The van der Waals surface area contributed by atoms with E-state index in [1.807, 2.05) is 24.3 Å². The Bertz CT molecular complexity index is 758. The molecule has 1 N–H and O–H groups in total. The number of anilines is 1. The molecule has 2 atom stereocenters. The lowest BCUT2D eigenvalue weighted by Gasteiger charge is -2.18. The Morgan fingerprint density at radius 2 is 1.73 bits per heavy atom. The molecule has 0 radical (unpaired) electrons. The van der Waals surface area contributed by atoms with E-state index in [9.17, 15) is 14.0 Å². The Labute approximate surface area is 153 Å². The fraction of sp³-hybridized carbons (Fsp3) is 0.333. The van der Waals surface area contributed by atoms with Gasteiger partial charge in [0.1, 0.15) is 5.82 Å². The number of nitrogens with one attached hydrogen (secondary N) is 1. The highest BCUT2D eigenvalue weighted by Crippen LogP contribution is 2.26. The van der Waals surface area contributed by atoms with E-state index in [1.54, 1.807) is 0 Å². The molecular formula is C21H24FNO3. The van der Waals surface area contributed by atoms with Gasteiger partial charge in [-0.2, -0.15) is 0 Å². The number of amides is 1. The minimum absolute atomic E-state index is 0.0125. The highest BCUT2D eigenvalue weighted by Gasteiger charge is 2.20. The first-order chi connectivity index (χ1) is 12.4. The van der Waals surface area contributed by atoms with Crippen LogP contribution in [-0.4, -0.2) is 18.0 Å². The molecule has 0 saturated carbocycles. The average molecular weight is 357 g/mol. The maximum Gasteiger partial charge on any atom is 0.311 e. The number of rotatable bonds is 7. The molecule has 0 spiro atoms. The van der Waals surface area contributed by atoms with Gasteiger partial charge in [-0.15, -0.1) is 0 Å². The van der Waals surface area contributed by atoms with Crippen LogP contribution in [0.4, 0.5) is 10.1 Å². The minimum atomic E-state index is -0.923. The first-order valence-electron chi connectivity index (χ1n) is 8.74. The molecule has 0 saturated heterocycles. The molecule has 0 aliphatic carbocycles. The van der Waals surface area contributed by atoms with E-state index in [0.29, 0.717) is 11.5 Å². The van der Waals surface area contributed by atoms with Gasteiger partial charge in [0.2, 0.25) is 0 Å². The molecule has 2 rings (SSSR count). The first kappa shape index (κ1) is 19.6. The first-order valence-corrected chi connectivity index (χ1v) is 8.74. The van der Waals surface area contributed by atoms with Crippen LogP contribution < -0.4 is 5.32 Å². The molecular weight excluding hydrogens is 333 g/mol. The van der Waals surface area contributed by atoms with Gasteiger partial charge < -0.3 is 10.1 Å². The predicted molar refractivity (Wildman–Crippen MR) is 99.4 cm³/mol. The Kier molecular flexibility index (Phi) is 6.89. The van der Waals surface area contributed by atoms with Gasteiger partial charge in [-0.1, -0.05) is 44.2 Å². The molecule has 2 aromatic carbocycles. The molecule has 2 aromatic rings. The number of hydrogen-bond acceptors (Lipinski definition) is 3. The molecule has 0 bridgehead atoms. The number of esters is 1. The fourth-order valence-corrected chi connectivity index (χ4v) is 2.56. The van der Waals surface area contributed by atoms with Gasteiger partial charge in [0.15, 0.2) is 6.10 Å². The highest BCUT2D eigenvalue weighted by molar-refractivity contribution is 5.95. The molecule has 138 valence electrons. The number of ether oxygens (including phenoxy) is 1. The monoisotopic (exact) mass is 357 g/mol. The summed E-state index contributed by atoms with van der Waals surface area (Å²) < 4.78 is 18.1. The quantitative estimate of drug-likeness (QED) is 0.745. The lowest BCUT2D eigenvalue weighted by molar-refractivity contribution is -0.152. The maximum atomic E-state index is 12.9. The van der Waals surface area contributed by atoms with E-state index < -0.39 is 12.1 Å². The summed E-state index contributed by atoms with van der Waals surface area (Å²) in [5.74, 6) is -0.972. The van der Waals surface area contributed by atoms with Gasteiger partial charge in [-0.25, -0.2) is 4.39 Å². The number of hydrogen-bond donors (Lipinski definition) is 1. The molecule has 4 nitrogen and oxygen atoms in total. The SMILES string of the molecule is CCC(C)c1ccccc1NC(=O)C(C)OC(=O)Cc1ccc(F)cc1. The van der Waals surface area contributed by atoms with Gasteiger partial charge >= 0.3 is 5.97 Å². The Morgan fingerprint density at radius 1 is 1.08 bits per heavy atom. The second-order valence-corrected chi connectivity index (χ2v) is 6.32. The summed E-state index contributed by atoms with van der Waals surface area (Å²) in [6.07, 6.45) is 0.0177. The van der Waals surface area contributed by atoms with E-state index in [4.69, 9.17) is 4.74 Å². The summed E-state index contributed by atoms with van der Waals surface area (Å²) in [7, 11) is 0. The van der Waals surface area contributed by atoms with Crippen molar-refractivity contribution in [1.29, 1.82) is 0 Å². The van der Waals surface area contributed by atoms with Crippen LogP contribution in [0.2, 0.25) is 0 Å². The van der Waals surface area contributed by atoms with Crippen molar-refractivity contribution in [3.63, 3.8) is 0 Å². The molecule has 0 aromatic heterocycles. The van der Waals surface area contributed by atoms with Crippen molar-refractivity contribution in [2.45, 2.75) is 45.6 Å². The Hall–Kier alpha value is -2.69. The molecule has 0 heterocycles. The Morgan fingerprint density at radius 3 is 2.38 bits per heavy atom. The number of benzene rings is 2. The van der Waals surface area contributed by atoms with Crippen LogP contribution in [0, 0.1) is 5.82 Å². The third kappa shape index (κ3) is 5.41. The summed E-state index contributed by atoms with van der Waals surface area (Å²) >= 11 is 0. The van der Waals surface area contributed by atoms with Crippen LogP contribution in [0.25, 0.3) is 0 Å². The molecule has 0 fully saturated rings. The van der Waals surface area contributed by atoms with Gasteiger partial charge in [0.25, 0.3) is 5.91 Å². The van der Waals surface area contributed by atoms with Crippen LogP contribution >= 0.6 is 0 Å². The van der Waals surface area contributed by atoms with Gasteiger partial charge in [-0.05, 0) is 48.6 Å². The molecule has 1 amide bonds. The van der Waals surface area contributed by atoms with Crippen LogP contribution in [0.5, 0.6) is 0 Å². The van der Waals surface area contributed by atoms with Gasteiger partial charge in [0, 0.05) is 5.69 Å². The van der Waals surface area contributed by atoms with Crippen LogP contribution in [-0.2, 0) is 20.7 Å². The highest BCUT2D eigenvalue weighted by atomic mass is 19.1. The van der Waals surface area contributed by atoms with Crippen molar-refractivity contribution < 1.29 is 18.7 Å². The van der Waals surface area contributed by atoms with Crippen molar-refractivity contribution in [2.24, 2.45) is 0 Å². The minimum Gasteiger partial charge on any atom is -0.452 e. The average Bonchev–Trinajstić information content (AvgIpc) is 2.63. The smallest absolute Gasteiger partial charge is 0.311 e. The lowest BCUT2D eigenvalue weighted by atomic mass is 9.97. The van der Waals surface area contributed by atoms with E-state index in [2.05, 4.69) is 19.2 Å². The zero-order valence-electron chi connectivity index (χ0n) is 15.3. The van der Waals surface area contributed by atoms with E-state index in [0.717, 1.165) is 17.7 Å². The summed E-state index contributed by atoms with van der Waals surface area (Å²) in [4.78, 5) is 24.4. The zero-order valence-corrected chi connectivity index (χ0v) is 15.3. The van der Waals surface area contributed by atoms with E-state index in [1.165, 1.54) is 31.2 Å². The maximum absolute atomic E-state index is 12.9. The molecule has 0 aliphatic rings. The summed E-state index contributed by atoms with van der Waals surface area (Å²) in [5, 5.41) is 2.84. The largest absolute Gasteiger partial charge is 0.452 e. The molecule has 2 unspecified atom stereocenters. The zero-order chi connectivity index (χ0) is 19.1. The van der Waals surface area contributed by atoms with Crippen LogP contribution in [0.15, 0.2) is 48.5 Å². The summed E-state index contributed by atoms with van der Waals surface area (Å²) in [5.41, 5.74) is 2.41. The topological polar surface area (TPSA) is 55.4 Å². The van der Waals surface area contributed by atoms with E-state index >= 15 is 0 Å². The third-order valence-corrected chi connectivity index (χ3v) is 4.30. The van der Waals surface area contributed by atoms with Gasteiger partial charge in [0.05, 0.1) is 6.42 Å². The standard InChI is InChI=1S/C21H24FNO3/c1-4-14(2)18-7-5-6-8-19(18)23-21(25)15(3)26-20(24)13-16-9-11-17(22)12-10-16/h5-12,14-15H,4,13H2,1-3H3,(H,23,25). The van der Waals surface area contributed by atoms with Crippen molar-refractivity contribution >= 4 is 17.6 Å². The third-order valence-electron chi connectivity index (χ3n) is 4.30. The van der Waals surface area contributed by atoms with Crippen molar-refractivity contribution in [3.05, 3.63) is 65.5 Å². The second-order valence-electron chi connectivity index (χ2n) is 6.32. The molecule has 26 heavy (non-hydrogen) atoms. The Balaban J connectivity index is 1.95. The summed E-state index contributed by atoms with van der Waals surface area (Å²) in [6.45, 7) is 5.71. The van der Waals surface area contributed by atoms with Crippen molar-refractivity contribution in [1.82, 2.24) is 0 Å². The van der Waals surface area contributed by atoms with Crippen molar-refractivity contribution in [3.8, 4) is 0 Å². The number of para-hydroxylation sites is 1. The molecule has 0 aliphatic heterocycles. The number of carbonyl (C=O) groups excluding carboxylic acids is 2. The summed E-state index contributed by atoms with van der Waals surface area (Å²) in [6, 6.07) is 13.2. The predicted octanol–water partition coefficient (Wildman–Crippen LogP) is 4.45. The van der Waals surface area contributed by atoms with Crippen LogP contribution in [0.1, 0.15) is 44.2 Å². The lowest BCUT2D eigenvalue weighted by Crippen LogP contribution is -2.30. The van der Waals surface area contributed by atoms with Crippen molar-refractivity contribution in [2.75, 3.05) is 5.32 Å². The number of carbonyl (C=O) groups is 2. The van der Waals surface area contributed by atoms with Gasteiger partial charge in [-0.3, -0.25) is 9.59 Å². The molecule has 5 heteroatoms. The second kappa shape index (κ2) is 9.13.